The average Bonchev–Trinajstić information content (AvgIpc) is 2.42. The molecule has 0 aliphatic rings. The van der Waals surface area contributed by atoms with Gasteiger partial charge in [-0.3, -0.25) is 9.59 Å². The van der Waals surface area contributed by atoms with Gasteiger partial charge in [-0.2, -0.15) is 0 Å². The van der Waals surface area contributed by atoms with Crippen molar-refractivity contribution < 1.29 is 19.1 Å². The molecule has 3 N–H and O–H groups in total. The number of hydrogen-bond acceptors (Lipinski definition) is 3. The van der Waals surface area contributed by atoms with E-state index in [4.69, 9.17) is 0 Å². The lowest BCUT2D eigenvalue weighted by Gasteiger charge is -2.10. The summed E-state index contributed by atoms with van der Waals surface area (Å²) in [5.74, 6) is -1.72. The van der Waals surface area contributed by atoms with Crippen LogP contribution >= 0.6 is 0 Å². The third-order valence-corrected chi connectivity index (χ3v) is 2.53. The molecule has 0 radical (unpaired) electrons. The first kappa shape index (κ1) is 15.1. The SMILES string of the molecule is CCC(O)CNC(=O)CNC(=O)c1ccccc1F. The quantitative estimate of drug-likeness (QED) is 0.700. The molecule has 1 aromatic rings. The highest BCUT2D eigenvalue weighted by atomic mass is 19.1. The van der Waals surface area contributed by atoms with Gasteiger partial charge in [0.05, 0.1) is 18.2 Å². The molecule has 104 valence electrons. The van der Waals surface area contributed by atoms with Crippen LogP contribution in [0.25, 0.3) is 0 Å². The summed E-state index contributed by atoms with van der Waals surface area (Å²) in [7, 11) is 0. The molecule has 1 unspecified atom stereocenters. The van der Waals surface area contributed by atoms with Gasteiger partial charge in [0.1, 0.15) is 5.82 Å². The zero-order valence-corrected chi connectivity index (χ0v) is 10.6. The van der Waals surface area contributed by atoms with Crippen LogP contribution in [0.4, 0.5) is 4.39 Å². The Bertz CT molecular complexity index is 451. The summed E-state index contributed by atoms with van der Waals surface area (Å²) in [5.41, 5.74) is -0.108. The Morgan fingerprint density at radius 3 is 2.63 bits per heavy atom. The van der Waals surface area contributed by atoms with Gasteiger partial charge >= 0.3 is 0 Å². The predicted octanol–water partition coefficient (Wildman–Crippen LogP) is 0.443. The molecule has 6 heteroatoms. The van der Waals surface area contributed by atoms with Gasteiger partial charge in [0.15, 0.2) is 0 Å². The van der Waals surface area contributed by atoms with Crippen molar-refractivity contribution in [2.75, 3.05) is 13.1 Å². The molecule has 2 amide bonds. The Labute approximate surface area is 110 Å². The summed E-state index contributed by atoms with van der Waals surface area (Å²) >= 11 is 0. The molecule has 19 heavy (non-hydrogen) atoms. The van der Waals surface area contributed by atoms with Crippen molar-refractivity contribution in [3.05, 3.63) is 35.6 Å². The van der Waals surface area contributed by atoms with Crippen molar-refractivity contribution >= 4 is 11.8 Å². The van der Waals surface area contributed by atoms with E-state index in [0.717, 1.165) is 0 Å². The summed E-state index contributed by atoms with van der Waals surface area (Å²) in [6.45, 7) is 1.66. The lowest BCUT2D eigenvalue weighted by molar-refractivity contribution is -0.120. The van der Waals surface area contributed by atoms with E-state index >= 15 is 0 Å². The molecule has 0 aromatic heterocycles. The molecule has 1 rings (SSSR count). The molecule has 5 nitrogen and oxygen atoms in total. The third-order valence-electron chi connectivity index (χ3n) is 2.53. The molecule has 1 aromatic carbocycles. The van der Waals surface area contributed by atoms with E-state index < -0.39 is 23.7 Å². The second-order valence-corrected chi connectivity index (χ2v) is 4.03. The number of hydrogen-bond donors (Lipinski definition) is 3. The fourth-order valence-corrected chi connectivity index (χ4v) is 1.34. The fourth-order valence-electron chi connectivity index (χ4n) is 1.34. The van der Waals surface area contributed by atoms with E-state index in [-0.39, 0.29) is 18.7 Å². The van der Waals surface area contributed by atoms with Gasteiger partial charge in [-0.1, -0.05) is 19.1 Å². The Kier molecular flexibility index (Phi) is 5.95. The third kappa shape index (κ3) is 5.05. The minimum Gasteiger partial charge on any atom is -0.391 e. The second kappa shape index (κ2) is 7.48. The zero-order chi connectivity index (χ0) is 14.3. The van der Waals surface area contributed by atoms with Gasteiger partial charge in [-0.15, -0.1) is 0 Å². The van der Waals surface area contributed by atoms with Crippen LogP contribution in [0.15, 0.2) is 24.3 Å². The van der Waals surface area contributed by atoms with Crippen molar-refractivity contribution in [3.63, 3.8) is 0 Å². The molecule has 0 saturated heterocycles. The van der Waals surface area contributed by atoms with E-state index in [2.05, 4.69) is 10.6 Å². The Balaban J connectivity index is 2.38. The number of carbonyl (C=O) groups excluding carboxylic acids is 2. The van der Waals surface area contributed by atoms with Crippen LogP contribution in [0, 0.1) is 5.82 Å². The summed E-state index contributed by atoms with van der Waals surface area (Å²) in [6.07, 6.45) is -0.0757. The van der Waals surface area contributed by atoms with Crippen molar-refractivity contribution in [1.82, 2.24) is 10.6 Å². The number of nitrogens with one attached hydrogen (secondary N) is 2. The summed E-state index contributed by atoms with van der Waals surface area (Å²) in [4.78, 5) is 22.9. The van der Waals surface area contributed by atoms with E-state index in [1.54, 1.807) is 6.92 Å². The van der Waals surface area contributed by atoms with Gasteiger partial charge in [-0.25, -0.2) is 4.39 Å². The fraction of sp³-hybridized carbons (Fsp3) is 0.385. The smallest absolute Gasteiger partial charge is 0.254 e. The van der Waals surface area contributed by atoms with Crippen LogP contribution in [0.2, 0.25) is 0 Å². The maximum Gasteiger partial charge on any atom is 0.254 e. The van der Waals surface area contributed by atoms with E-state index in [1.165, 1.54) is 24.3 Å². The number of aliphatic hydroxyl groups excluding tert-OH is 1. The lowest BCUT2D eigenvalue weighted by atomic mass is 10.2. The zero-order valence-electron chi connectivity index (χ0n) is 10.6. The molecule has 0 fully saturated rings. The molecular weight excluding hydrogens is 251 g/mol. The molecule has 0 spiro atoms. The Morgan fingerprint density at radius 2 is 2.00 bits per heavy atom. The molecule has 0 aliphatic carbocycles. The summed E-state index contributed by atoms with van der Waals surface area (Å²) < 4.78 is 13.3. The van der Waals surface area contributed by atoms with Gasteiger partial charge in [0, 0.05) is 6.54 Å². The van der Waals surface area contributed by atoms with Crippen LogP contribution in [-0.2, 0) is 4.79 Å². The molecule has 0 aliphatic heterocycles. The standard InChI is InChI=1S/C13H17FN2O3/c1-2-9(17)7-15-12(18)8-16-13(19)10-5-3-4-6-11(10)14/h3-6,9,17H,2,7-8H2,1H3,(H,15,18)(H,16,19). The lowest BCUT2D eigenvalue weighted by Crippen LogP contribution is -2.40. The minimum atomic E-state index is -0.649. The van der Waals surface area contributed by atoms with Crippen LogP contribution in [0.5, 0.6) is 0 Å². The number of amides is 2. The first-order valence-corrected chi connectivity index (χ1v) is 6.02. The van der Waals surface area contributed by atoms with Crippen LogP contribution < -0.4 is 10.6 Å². The summed E-state index contributed by atoms with van der Waals surface area (Å²) in [6, 6.07) is 5.52. The van der Waals surface area contributed by atoms with E-state index in [9.17, 15) is 19.1 Å². The number of halogens is 1. The van der Waals surface area contributed by atoms with E-state index in [0.29, 0.717) is 6.42 Å². The largest absolute Gasteiger partial charge is 0.391 e. The first-order chi connectivity index (χ1) is 9.04. The Morgan fingerprint density at radius 1 is 1.32 bits per heavy atom. The number of benzene rings is 1. The van der Waals surface area contributed by atoms with Gasteiger partial charge in [0.2, 0.25) is 5.91 Å². The maximum absolute atomic E-state index is 13.3. The summed E-state index contributed by atoms with van der Waals surface area (Å²) in [5, 5.41) is 14.0. The van der Waals surface area contributed by atoms with Gasteiger partial charge < -0.3 is 15.7 Å². The molecule has 0 saturated carbocycles. The second-order valence-electron chi connectivity index (χ2n) is 4.03. The first-order valence-electron chi connectivity index (χ1n) is 6.02. The average molecular weight is 268 g/mol. The van der Waals surface area contributed by atoms with Gasteiger partial charge in [-0.05, 0) is 18.6 Å². The monoisotopic (exact) mass is 268 g/mol. The number of rotatable bonds is 6. The predicted molar refractivity (Wildman–Crippen MR) is 68.0 cm³/mol. The number of carbonyl (C=O) groups is 2. The van der Waals surface area contributed by atoms with E-state index in [1.807, 2.05) is 0 Å². The Hall–Kier alpha value is -1.95. The molecular formula is C13H17FN2O3. The molecule has 0 bridgehead atoms. The number of aliphatic hydroxyl groups is 1. The maximum atomic E-state index is 13.3. The van der Waals surface area contributed by atoms with Crippen molar-refractivity contribution in [2.24, 2.45) is 0 Å². The van der Waals surface area contributed by atoms with Crippen LogP contribution in [0.3, 0.4) is 0 Å². The molecule has 1 atom stereocenters. The van der Waals surface area contributed by atoms with Crippen LogP contribution in [0.1, 0.15) is 23.7 Å². The highest BCUT2D eigenvalue weighted by molar-refractivity contribution is 5.96. The minimum absolute atomic E-state index is 0.108. The van der Waals surface area contributed by atoms with Crippen molar-refractivity contribution in [1.29, 1.82) is 0 Å². The van der Waals surface area contributed by atoms with Gasteiger partial charge in [0.25, 0.3) is 5.91 Å². The molecule has 0 heterocycles. The van der Waals surface area contributed by atoms with Crippen molar-refractivity contribution in [2.45, 2.75) is 19.4 Å². The van der Waals surface area contributed by atoms with Crippen LogP contribution in [-0.4, -0.2) is 36.1 Å². The van der Waals surface area contributed by atoms with Crippen molar-refractivity contribution in [3.8, 4) is 0 Å². The normalized spacial score (nSPS) is 11.7. The highest BCUT2D eigenvalue weighted by Crippen LogP contribution is 2.05. The highest BCUT2D eigenvalue weighted by Gasteiger charge is 2.12. The topological polar surface area (TPSA) is 78.4 Å².